The van der Waals surface area contributed by atoms with E-state index in [0.29, 0.717) is 5.75 Å². The van der Waals surface area contributed by atoms with Gasteiger partial charge >= 0.3 is 0 Å². The minimum atomic E-state index is -0.695. The zero-order valence-electron chi connectivity index (χ0n) is 10.7. The monoisotopic (exact) mass is 276 g/mol. The molecular formula is C13H13FN4O2. The van der Waals surface area contributed by atoms with Crippen molar-refractivity contribution < 1.29 is 13.9 Å². The predicted octanol–water partition coefficient (Wildman–Crippen LogP) is 1.65. The highest BCUT2D eigenvalue weighted by Gasteiger charge is 2.10. The Bertz CT molecular complexity index is 661. The van der Waals surface area contributed by atoms with Crippen molar-refractivity contribution in [3.63, 3.8) is 0 Å². The van der Waals surface area contributed by atoms with Crippen LogP contribution in [0.5, 0.6) is 5.75 Å². The van der Waals surface area contributed by atoms with E-state index >= 15 is 0 Å². The Morgan fingerprint density at radius 1 is 1.35 bits per heavy atom. The predicted molar refractivity (Wildman–Crippen MR) is 73.4 cm³/mol. The lowest BCUT2D eigenvalue weighted by Crippen LogP contribution is -2.14. The number of benzene rings is 1. The molecule has 0 atom stereocenters. The molecule has 0 unspecified atom stereocenters. The van der Waals surface area contributed by atoms with Gasteiger partial charge in [-0.1, -0.05) is 0 Å². The van der Waals surface area contributed by atoms with Gasteiger partial charge in [0.2, 0.25) is 0 Å². The fraction of sp³-hybridized carbons (Fsp3) is 0.0769. The molecule has 0 saturated carbocycles. The van der Waals surface area contributed by atoms with Gasteiger partial charge in [-0.2, -0.15) is 0 Å². The average molecular weight is 276 g/mol. The van der Waals surface area contributed by atoms with Crippen molar-refractivity contribution in [1.29, 1.82) is 0 Å². The number of hydrogen-bond acceptors (Lipinski definition) is 5. The summed E-state index contributed by atoms with van der Waals surface area (Å²) in [5.74, 6) is -0.581. The Balaban J connectivity index is 2.38. The zero-order valence-corrected chi connectivity index (χ0v) is 10.7. The number of methoxy groups -OCH3 is 1. The molecule has 0 aliphatic heterocycles. The Morgan fingerprint density at radius 3 is 2.75 bits per heavy atom. The highest BCUT2D eigenvalue weighted by molar-refractivity contribution is 5.92. The number of halogens is 1. The molecular weight excluding hydrogens is 263 g/mol. The Kier molecular flexibility index (Phi) is 3.69. The number of amides is 1. The number of pyridine rings is 1. The number of rotatable bonds is 4. The van der Waals surface area contributed by atoms with Crippen LogP contribution < -0.4 is 21.5 Å². The van der Waals surface area contributed by atoms with Gasteiger partial charge in [-0.05, 0) is 24.3 Å². The summed E-state index contributed by atoms with van der Waals surface area (Å²) in [5, 5.41) is 2.71. The number of ether oxygens (including phenoxy) is 1. The lowest BCUT2D eigenvalue weighted by atomic mass is 10.2. The van der Waals surface area contributed by atoms with E-state index in [1.807, 2.05) is 0 Å². The van der Waals surface area contributed by atoms with Crippen LogP contribution >= 0.6 is 0 Å². The van der Waals surface area contributed by atoms with Crippen LogP contribution in [0.3, 0.4) is 0 Å². The van der Waals surface area contributed by atoms with Crippen molar-refractivity contribution in [3.05, 3.63) is 41.8 Å². The largest absolute Gasteiger partial charge is 0.497 e. The molecule has 1 aromatic carbocycles. The molecule has 1 amide bonds. The van der Waals surface area contributed by atoms with Gasteiger partial charge in [0.1, 0.15) is 17.3 Å². The minimum Gasteiger partial charge on any atom is -0.497 e. The molecule has 5 N–H and O–H groups in total. The first-order chi connectivity index (χ1) is 9.51. The summed E-state index contributed by atoms with van der Waals surface area (Å²) in [6.07, 6.45) is 0. The summed E-state index contributed by atoms with van der Waals surface area (Å²) in [6.45, 7) is 0. The van der Waals surface area contributed by atoms with E-state index in [9.17, 15) is 9.18 Å². The van der Waals surface area contributed by atoms with Crippen molar-refractivity contribution in [1.82, 2.24) is 4.98 Å². The summed E-state index contributed by atoms with van der Waals surface area (Å²) < 4.78 is 18.7. The van der Waals surface area contributed by atoms with Crippen LogP contribution in [0.25, 0.3) is 0 Å². The number of aromatic nitrogens is 1. The summed E-state index contributed by atoms with van der Waals surface area (Å²) in [4.78, 5) is 15.0. The fourth-order valence-corrected chi connectivity index (χ4v) is 1.56. The van der Waals surface area contributed by atoms with E-state index in [1.54, 1.807) is 0 Å². The molecule has 0 aliphatic carbocycles. The van der Waals surface area contributed by atoms with Crippen molar-refractivity contribution in [2.75, 3.05) is 18.2 Å². The normalized spacial score (nSPS) is 10.1. The van der Waals surface area contributed by atoms with Crippen LogP contribution in [0.15, 0.2) is 30.3 Å². The van der Waals surface area contributed by atoms with E-state index in [2.05, 4.69) is 10.3 Å². The van der Waals surface area contributed by atoms with Gasteiger partial charge in [-0.3, -0.25) is 4.79 Å². The van der Waals surface area contributed by atoms with E-state index in [-0.39, 0.29) is 22.9 Å². The van der Waals surface area contributed by atoms with Gasteiger partial charge in [-0.25, -0.2) is 9.37 Å². The molecule has 0 aliphatic rings. The zero-order chi connectivity index (χ0) is 14.7. The molecule has 2 rings (SSSR count). The van der Waals surface area contributed by atoms with Crippen LogP contribution in [0.1, 0.15) is 10.5 Å². The first-order valence-electron chi connectivity index (χ1n) is 5.68. The number of nitrogen functional groups attached to an aromatic ring is 1. The second kappa shape index (κ2) is 5.43. The maximum absolute atomic E-state index is 13.7. The third-order valence-corrected chi connectivity index (χ3v) is 2.61. The summed E-state index contributed by atoms with van der Waals surface area (Å²) >= 11 is 0. The first-order valence-corrected chi connectivity index (χ1v) is 5.68. The smallest absolute Gasteiger partial charge is 0.267 e. The summed E-state index contributed by atoms with van der Waals surface area (Å²) in [5.41, 5.74) is 11.3. The number of hydrogen-bond donors (Lipinski definition) is 3. The lowest BCUT2D eigenvalue weighted by Gasteiger charge is -2.11. The van der Waals surface area contributed by atoms with Crippen molar-refractivity contribution >= 4 is 23.1 Å². The maximum Gasteiger partial charge on any atom is 0.267 e. The second-order valence-corrected chi connectivity index (χ2v) is 3.97. The number of anilines is 3. The molecule has 104 valence electrons. The molecule has 1 heterocycles. The quantitative estimate of drug-likeness (QED) is 0.787. The fourth-order valence-electron chi connectivity index (χ4n) is 1.56. The standard InChI is InChI=1S/C13H13FN4O2/c1-20-7-2-3-8(14)11(6-7)18-13-9(15)4-5-10(17-13)12(16)19/h2-6H,15H2,1H3,(H2,16,19)(H,17,18). The third-order valence-electron chi connectivity index (χ3n) is 2.61. The number of nitrogens with two attached hydrogens (primary N) is 2. The maximum atomic E-state index is 13.7. The number of carbonyl (C=O) groups excluding carboxylic acids is 1. The third kappa shape index (κ3) is 2.77. The van der Waals surface area contributed by atoms with Gasteiger partial charge in [0.25, 0.3) is 5.91 Å². The molecule has 7 heteroatoms. The van der Waals surface area contributed by atoms with Gasteiger partial charge in [0.15, 0.2) is 5.82 Å². The summed E-state index contributed by atoms with van der Waals surface area (Å²) in [6, 6.07) is 7.04. The highest BCUT2D eigenvalue weighted by atomic mass is 19.1. The Hall–Kier alpha value is -2.83. The molecule has 0 radical (unpaired) electrons. The van der Waals surface area contributed by atoms with Crippen LogP contribution in [0.2, 0.25) is 0 Å². The molecule has 20 heavy (non-hydrogen) atoms. The van der Waals surface area contributed by atoms with Gasteiger partial charge in [-0.15, -0.1) is 0 Å². The molecule has 6 nitrogen and oxygen atoms in total. The molecule has 2 aromatic rings. The van der Waals surface area contributed by atoms with E-state index < -0.39 is 11.7 Å². The SMILES string of the molecule is COc1ccc(F)c(Nc2nc(C(N)=O)ccc2N)c1. The topological polar surface area (TPSA) is 103 Å². The number of carbonyl (C=O) groups is 1. The van der Waals surface area contributed by atoms with Crippen molar-refractivity contribution in [2.24, 2.45) is 5.73 Å². The Labute approximate surface area is 114 Å². The van der Waals surface area contributed by atoms with Crippen LogP contribution in [-0.4, -0.2) is 18.0 Å². The van der Waals surface area contributed by atoms with E-state index in [0.717, 1.165) is 0 Å². The summed E-state index contributed by atoms with van der Waals surface area (Å²) in [7, 11) is 1.47. The van der Waals surface area contributed by atoms with E-state index in [1.165, 1.54) is 37.4 Å². The Morgan fingerprint density at radius 2 is 2.10 bits per heavy atom. The second-order valence-electron chi connectivity index (χ2n) is 3.97. The molecule has 0 spiro atoms. The molecule has 1 aromatic heterocycles. The van der Waals surface area contributed by atoms with Crippen LogP contribution in [0, 0.1) is 5.82 Å². The molecule has 0 bridgehead atoms. The minimum absolute atomic E-state index is 0.0324. The first kappa shape index (κ1) is 13.6. The van der Waals surface area contributed by atoms with Crippen LogP contribution in [0.4, 0.5) is 21.6 Å². The molecule has 0 fully saturated rings. The average Bonchev–Trinajstić information content (AvgIpc) is 2.43. The van der Waals surface area contributed by atoms with Crippen molar-refractivity contribution in [2.45, 2.75) is 0 Å². The van der Waals surface area contributed by atoms with Gasteiger partial charge in [0, 0.05) is 6.07 Å². The number of primary amides is 1. The van der Waals surface area contributed by atoms with E-state index in [4.69, 9.17) is 16.2 Å². The molecule has 0 saturated heterocycles. The van der Waals surface area contributed by atoms with Crippen molar-refractivity contribution in [3.8, 4) is 5.75 Å². The van der Waals surface area contributed by atoms with Crippen LogP contribution in [-0.2, 0) is 0 Å². The number of nitrogens with zero attached hydrogens (tertiary/aromatic N) is 1. The van der Waals surface area contributed by atoms with Gasteiger partial charge in [0.05, 0.1) is 18.5 Å². The lowest BCUT2D eigenvalue weighted by molar-refractivity contribution is 0.0996. The number of nitrogens with one attached hydrogen (secondary N) is 1. The highest BCUT2D eigenvalue weighted by Crippen LogP contribution is 2.26. The van der Waals surface area contributed by atoms with Gasteiger partial charge < -0.3 is 21.5 Å².